The van der Waals surface area contributed by atoms with E-state index in [1.807, 2.05) is 60.7 Å². The Balaban J connectivity index is 1.42. The van der Waals surface area contributed by atoms with Gasteiger partial charge in [0.05, 0.1) is 0 Å². The van der Waals surface area contributed by atoms with Crippen LogP contribution >= 0.6 is 11.3 Å². The molecule has 0 bridgehead atoms. The molecule has 2 atom stereocenters. The molecule has 3 heterocycles. The number of thiophene rings is 1. The van der Waals surface area contributed by atoms with Gasteiger partial charge in [-0.05, 0) is 47.7 Å². The summed E-state index contributed by atoms with van der Waals surface area (Å²) in [6, 6.07) is 21.1. The quantitative estimate of drug-likeness (QED) is 0.443. The van der Waals surface area contributed by atoms with Crippen molar-refractivity contribution in [3.05, 3.63) is 93.8 Å². The van der Waals surface area contributed by atoms with E-state index in [4.69, 9.17) is 10.5 Å². The van der Waals surface area contributed by atoms with Gasteiger partial charge in [0.25, 0.3) is 0 Å². The van der Waals surface area contributed by atoms with Gasteiger partial charge in [-0.1, -0.05) is 36.4 Å². The highest BCUT2D eigenvalue weighted by Gasteiger charge is 2.40. The van der Waals surface area contributed by atoms with Gasteiger partial charge in [-0.25, -0.2) is 4.68 Å². The van der Waals surface area contributed by atoms with Gasteiger partial charge in [0.1, 0.15) is 17.5 Å². The number of benzene rings is 2. The smallest absolute Gasteiger partial charge is 0.241 e. The van der Waals surface area contributed by atoms with Crippen LogP contribution in [0.5, 0.6) is 11.5 Å². The Hall–Kier alpha value is -3.91. The number of ether oxygens (including phenoxy) is 1. The maximum atomic E-state index is 13.5. The van der Waals surface area contributed by atoms with E-state index in [2.05, 4.69) is 26.8 Å². The number of carbonyl (C=O) groups is 1. The molecule has 0 fully saturated rings. The van der Waals surface area contributed by atoms with Crippen molar-refractivity contribution in [2.75, 3.05) is 11.1 Å². The maximum Gasteiger partial charge on any atom is 0.241 e. The summed E-state index contributed by atoms with van der Waals surface area (Å²) >= 11 is 1.69. The topological polar surface area (TPSA) is 95.1 Å². The largest absolute Gasteiger partial charge is 0.457 e. The predicted octanol–water partition coefficient (Wildman–Crippen LogP) is 5.13. The molecule has 1 aliphatic heterocycles. The number of fused-ring (bicyclic) bond motifs is 1. The fourth-order valence-corrected chi connectivity index (χ4v) is 5.46. The zero-order valence-electron chi connectivity index (χ0n) is 17.6. The number of carbonyl (C=O) groups excluding carboxylic acids is 1. The molecule has 1 aliphatic carbocycles. The first kappa shape index (κ1) is 19.8. The highest BCUT2D eigenvalue weighted by molar-refractivity contribution is 7.10. The molecule has 0 spiro atoms. The number of rotatable bonds is 4. The molecule has 2 aliphatic rings. The third-order valence-corrected chi connectivity index (χ3v) is 7.07. The number of Topliss-reactive ketones (excluding diaryl/α,β-unsaturated/α-hetero) is 1. The summed E-state index contributed by atoms with van der Waals surface area (Å²) in [4.78, 5) is 19.1. The van der Waals surface area contributed by atoms with E-state index < -0.39 is 6.04 Å². The number of nitrogen functional groups attached to an aromatic ring is 1. The van der Waals surface area contributed by atoms with Gasteiger partial charge in [0.2, 0.25) is 11.9 Å². The van der Waals surface area contributed by atoms with Crippen LogP contribution in [0.15, 0.2) is 83.4 Å². The number of aromatic nitrogens is 3. The van der Waals surface area contributed by atoms with Crippen molar-refractivity contribution in [3.8, 4) is 11.5 Å². The molecule has 0 amide bonds. The minimum atomic E-state index is -0.419. The van der Waals surface area contributed by atoms with Crippen molar-refractivity contribution in [2.45, 2.75) is 24.8 Å². The minimum Gasteiger partial charge on any atom is -0.457 e. The van der Waals surface area contributed by atoms with Gasteiger partial charge in [-0.15, -0.1) is 16.4 Å². The number of ketones is 1. The normalized spacial score (nSPS) is 19.6. The second-order valence-corrected chi connectivity index (χ2v) is 9.17. The number of nitrogens with two attached hydrogens (primary N) is 1. The molecule has 3 N–H and O–H groups in total. The number of hydrogen-bond donors (Lipinski definition) is 2. The molecule has 2 aromatic carbocycles. The Morgan fingerprint density at radius 1 is 1.03 bits per heavy atom. The van der Waals surface area contributed by atoms with Crippen LogP contribution in [0.3, 0.4) is 0 Å². The van der Waals surface area contributed by atoms with Gasteiger partial charge in [0.15, 0.2) is 5.78 Å². The zero-order valence-corrected chi connectivity index (χ0v) is 18.5. The standard InChI is InChI=1S/C25H21N5O2S/c26-24-28-25-27-19-13-16(21-10-5-11-33-21)14-20(31)22(19)23(30(25)29-24)15-6-4-9-18(12-15)32-17-7-2-1-3-8-17/h1-12,16,23H,13-14H2,(H3,26,27,28,29)/t16-,23-/m0/s1. The summed E-state index contributed by atoms with van der Waals surface area (Å²) in [6.45, 7) is 0. The summed E-state index contributed by atoms with van der Waals surface area (Å²) in [5.41, 5.74) is 8.46. The van der Waals surface area contributed by atoms with E-state index in [9.17, 15) is 4.79 Å². The number of allylic oxidation sites excluding steroid dienone is 2. The molecule has 2 aromatic heterocycles. The van der Waals surface area contributed by atoms with Crippen LogP contribution in [0, 0.1) is 0 Å². The Bertz CT molecular complexity index is 1360. The van der Waals surface area contributed by atoms with Gasteiger partial charge < -0.3 is 15.8 Å². The molecule has 0 saturated heterocycles. The van der Waals surface area contributed by atoms with Crippen molar-refractivity contribution in [3.63, 3.8) is 0 Å². The van der Waals surface area contributed by atoms with Crippen LogP contribution in [0.1, 0.15) is 35.2 Å². The molecule has 8 heteroatoms. The lowest BCUT2D eigenvalue weighted by Gasteiger charge is -2.34. The van der Waals surface area contributed by atoms with E-state index in [0.29, 0.717) is 18.1 Å². The first-order valence-electron chi connectivity index (χ1n) is 10.8. The minimum absolute atomic E-state index is 0.112. The average molecular weight is 456 g/mol. The van der Waals surface area contributed by atoms with E-state index >= 15 is 0 Å². The fraction of sp³-hybridized carbons (Fsp3) is 0.160. The molecular weight excluding hydrogens is 434 g/mol. The summed E-state index contributed by atoms with van der Waals surface area (Å²) in [7, 11) is 0. The van der Waals surface area contributed by atoms with Crippen molar-refractivity contribution in [1.29, 1.82) is 0 Å². The lowest BCUT2D eigenvalue weighted by atomic mass is 9.80. The van der Waals surface area contributed by atoms with Crippen LogP contribution in [0.4, 0.5) is 11.9 Å². The van der Waals surface area contributed by atoms with Gasteiger partial charge >= 0.3 is 0 Å². The van der Waals surface area contributed by atoms with Crippen LogP contribution in [0.25, 0.3) is 0 Å². The SMILES string of the molecule is Nc1nc2n(n1)[C@@H](c1cccc(Oc3ccccc3)c1)C1=C(C[C@H](c3cccs3)CC1=O)N2. The molecule has 0 radical (unpaired) electrons. The summed E-state index contributed by atoms with van der Waals surface area (Å²) in [6.07, 6.45) is 1.21. The molecule has 0 saturated carbocycles. The number of para-hydroxylation sites is 1. The molecule has 7 nitrogen and oxygen atoms in total. The van der Waals surface area contributed by atoms with Gasteiger partial charge in [-0.3, -0.25) is 4.79 Å². The second-order valence-electron chi connectivity index (χ2n) is 8.19. The van der Waals surface area contributed by atoms with Gasteiger partial charge in [-0.2, -0.15) is 4.98 Å². The fourth-order valence-electron chi connectivity index (χ4n) is 4.63. The first-order valence-corrected chi connectivity index (χ1v) is 11.7. The molecule has 164 valence electrons. The molecular formula is C25H21N5O2S. The number of nitrogens with one attached hydrogen (secondary N) is 1. The van der Waals surface area contributed by atoms with Crippen molar-refractivity contribution in [2.24, 2.45) is 0 Å². The number of nitrogens with zero attached hydrogens (tertiary/aromatic N) is 3. The Morgan fingerprint density at radius 3 is 2.70 bits per heavy atom. The lowest BCUT2D eigenvalue weighted by Crippen LogP contribution is -2.33. The van der Waals surface area contributed by atoms with Crippen molar-refractivity contribution >= 4 is 29.0 Å². The lowest BCUT2D eigenvalue weighted by molar-refractivity contribution is -0.116. The van der Waals surface area contributed by atoms with Crippen molar-refractivity contribution in [1.82, 2.24) is 14.8 Å². The number of anilines is 2. The average Bonchev–Trinajstić information content (AvgIpc) is 3.47. The monoisotopic (exact) mass is 455 g/mol. The predicted molar refractivity (Wildman–Crippen MR) is 127 cm³/mol. The van der Waals surface area contributed by atoms with Crippen LogP contribution in [0.2, 0.25) is 0 Å². The zero-order chi connectivity index (χ0) is 22.4. The van der Waals surface area contributed by atoms with Crippen LogP contribution < -0.4 is 15.8 Å². The highest BCUT2D eigenvalue weighted by atomic mass is 32.1. The highest BCUT2D eigenvalue weighted by Crippen LogP contribution is 2.45. The summed E-state index contributed by atoms with van der Waals surface area (Å²) < 4.78 is 7.75. The Morgan fingerprint density at radius 2 is 1.88 bits per heavy atom. The van der Waals surface area contributed by atoms with Crippen LogP contribution in [-0.2, 0) is 4.79 Å². The van der Waals surface area contributed by atoms with E-state index in [1.54, 1.807) is 16.0 Å². The van der Waals surface area contributed by atoms with E-state index in [1.165, 1.54) is 4.88 Å². The Labute approximate surface area is 194 Å². The number of hydrogen-bond acceptors (Lipinski definition) is 7. The van der Waals surface area contributed by atoms with Crippen LogP contribution in [-0.4, -0.2) is 20.5 Å². The summed E-state index contributed by atoms with van der Waals surface area (Å²) in [5, 5.41) is 9.80. The van der Waals surface area contributed by atoms with E-state index in [-0.39, 0.29) is 17.6 Å². The third-order valence-electron chi connectivity index (χ3n) is 6.03. The summed E-state index contributed by atoms with van der Waals surface area (Å²) in [5.74, 6) is 2.42. The van der Waals surface area contributed by atoms with E-state index in [0.717, 1.165) is 29.0 Å². The van der Waals surface area contributed by atoms with Gasteiger partial charge in [0, 0.05) is 28.5 Å². The Kier molecular flexibility index (Phi) is 4.73. The molecule has 4 aromatic rings. The first-order chi connectivity index (χ1) is 16.2. The maximum absolute atomic E-state index is 13.5. The second kappa shape index (κ2) is 7.90. The molecule has 33 heavy (non-hydrogen) atoms. The van der Waals surface area contributed by atoms with Crippen molar-refractivity contribution < 1.29 is 9.53 Å². The molecule has 0 unspecified atom stereocenters. The third kappa shape index (κ3) is 3.58. The molecule has 6 rings (SSSR count).